The van der Waals surface area contributed by atoms with Crippen molar-refractivity contribution >= 4 is 34.8 Å². The van der Waals surface area contributed by atoms with Gasteiger partial charge >= 0.3 is 0 Å². The molecule has 0 aliphatic heterocycles. The summed E-state index contributed by atoms with van der Waals surface area (Å²) >= 11 is 5.80. The summed E-state index contributed by atoms with van der Waals surface area (Å²) in [6, 6.07) is 17.8. The number of aromatic amines is 1. The molecule has 0 aliphatic carbocycles. The second kappa shape index (κ2) is 6.86. The van der Waals surface area contributed by atoms with E-state index in [2.05, 4.69) is 20.8 Å². The molecule has 1 heterocycles. The number of aromatic nitrogens is 2. The lowest BCUT2D eigenvalue weighted by Gasteiger charge is -2.04. The molecule has 0 aliphatic rings. The fourth-order valence-corrected chi connectivity index (χ4v) is 2.20. The zero-order chi connectivity index (χ0) is 16.9. The third kappa shape index (κ3) is 3.37. The lowest BCUT2D eigenvalue weighted by molar-refractivity contribution is 0.102. The topological polar surface area (TPSA) is 93.6 Å². The van der Waals surface area contributed by atoms with Crippen LogP contribution in [-0.4, -0.2) is 16.1 Å². The van der Waals surface area contributed by atoms with Gasteiger partial charge in [-0.1, -0.05) is 29.8 Å². The van der Waals surface area contributed by atoms with Crippen molar-refractivity contribution in [2.45, 2.75) is 0 Å². The molecular weight excluding hydrogens is 326 g/mol. The van der Waals surface area contributed by atoms with Gasteiger partial charge in [0.05, 0.1) is 0 Å². The van der Waals surface area contributed by atoms with Gasteiger partial charge in [0.1, 0.15) is 17.5 Å². The van der Waals surface area contributed by atoms with E-state index < -0.39 is 0 Å². The third-order valence-corrected chi connectivity index (χ3v) is 3.51. The van der Waals surface area contributed by atoms with Crippen LogP contribution in [0.25, 0.3) is 0 Å². The van der Waals surface area contributed by atoms with Gasteiger partial charge in [-0.25, -0.2) is 0 Å². The van der Waals surface area contributed by atoms with Crippen LogP contribution >= 0.6 is 11.6 Å². The van der Waals surface area contributed by atoms with Crippen molar-refractivity contribution in [3.05, 3.63) is 70.7 Å². The predicted octanol–water partition coefficient (Wildman–Crippen LogP) is 3.93. The Hall–Kier alpha value is -3.30. The zero-order valence-electron chi connectivity index (χ0n) is 12.4. The number of benzene rings is 2. The molecule has 118 valence electrons. The summed E-state index contributed by atoms with van der Waals surface area (Å²) in [6.45, 7) is 0. The maximum atomic E-state index is 12.2. The number of nitrogens with one attached hydrogen (secondary N) is 3. The van der Waals surface area contributed by atoms with E-state index in [9.17, 15) is 10.1 Å². The summed E-state index contributed by atoms with van der Waals surface area (Å²) < 4.78 is 0. The van der Waals surface area contributed by atoms with Gasteiger partial charge in [-0.05, 0) is 36.4 Å². The highest BCUT2D eigenvalue weighted by atomic mass is 35.5. The van der Waals surface area contributed by atoms with Crippen LogP contribution in [0.1, 0.15) is 15.9 Å². The van der Waals surface area contributed by atoms with Crippen LogP contribution in [0.5, 0.6) is 0 Å². The first-order valence-corrected chi connectivity index (χ1v) is 7.42. The molecule has 3 N–H and O–H groups in total. The molecule has 3 rings (SSSR count). The SMILES string of the molecule is N#Cc1c(NC(=O)c2ccc(Cl)cc2)n[nH]c1Nc1ccccc1. The molecular formula is C17H12ClN5O. The van der Waals surface area contributed by atoms with Gasteiger partial charge in [0.15, 0.2) is 5.82 Å². The van der Waals surface area contributed by atoms with Gasteiger partial charge in [0, 0.05) is 16.3 Å². The lowest BCUT2D eigenvalue weighted by atomic mass is 10.2. The number of carbonyl (C=O) groups excluding carboxylic acids is 1. The van der Waals surface area contributed by atoms with E-state index >= 15 is 0 Å². The Morgan fingerprint density at radius 1 is 1.12 bits per heavy atom. The average Bonchev–Trinajstić information content (AvgIpc) is 2.97. The Labute approximate surface area is 143 Å². The minimum atomic E-state index is -0.374. The normalized spacial score (nSPS) is 10.0. The molecule has 0 saturated heterocycles. The van der Waals surface area contributed by atoms with Crippen molar-refractivity contribution in [1.82, 2.24) is 10.2 Å². The smallest absolute Gasteiger partial charge is 0.256 e. The Bertz CT molecular complexity index is 897. The quantitative estimate of drug-likeness (QED) is 0.672. The fourth-order valence-electron chi connectivity index (χ4n) is 2.08. The maximum absolute atomic E-state index is 12.2. The molecule has 0 radical (unpaired) electrons. The van der Waals surface area contributed by atoms with Crippen molar-refractivity contribution in [3.63, 3.8) is 0 Å². The minimum absolute atomic E-state index is 0.163. The van der Waals surface area contributed by atoms with E-state index in [-0.39, 0.29) is 17.3 Å². The highest BCUT2D eigenvalue weighted by Gasteiger charge is 2.16. The van der Waals surface area contributed by atoms with Gasteiger partial charge in [-0.2, -0.15) is 10.4 Å². The van der Waals surface area contributed by atoms with Gasteiger partial charge in [-0.3, -0.25) is 9.89 Å². The molecule has 1 amide bonds. The molecule has 2 aromatic carbocycles. The van der Waals surface area contributed by atoms with Crippen LogP contribution in [0.4, 0.5) is 17.3 Å². The number of nitriles is 1. The van der Waals surface area contributed by atoms with E-state index in [0.717, 1.165) is 5.69 Å². The largest absolute Gasteiger partial charge is 0.339 e. The van der Waals surface area contributed by atoms with E-state index in [0.29, 0.717) is 16.4 Å². The van der Waals surface area contributed by atoms with Gasteiger partial charge < -0.3 is 10.6 Å². The molecule has 0 saturated carbocycles. The number of para-hydroxylation sites is 1. The maximum Gasteiger partial charge on any atom is 0.256 e. The van der Waals surface area contributed by atoms with Crippen molar-refractivity contribution < 1.29 is 4.79 Å². The number of amides is 1. The molecule has 1 aromatic heterocycles. The Balaban J connectivity index is 1.80. The first-order valence-electron chi connectivity index (χ1n) is 7.05. The van der Waals surface area contributed by atoms with Crippen LogP contribution in [0.15, 0.2) is 54.6 Å². The summed E-state index contributed by atoms with van der Waals surface area (Å²) in [4.78, 5) is 12.2. The van der Waals surface area contributed by atoms with Crippen molar-refractivity contribution in [2.24, 2.45) is 0 Å². The van der Waals surface area contributed by atoms with Crippen LogP contribution in [0, 0.1) is 11.3 Å². The van der Waals surface area contributed by atoms with E-state index in [4.69, 9.17) is 11.6 Å². The summed E-state index contributed by atoms with van der Waals surface area (Å²) in [5.41, 5.74) is 1.44. The van der Waals surface area contributed by atoms with Crippen molar-refractivity contribution in [3.8, 4) is 6.07 Å². The monoisotopic (exact) mass is 337 g/mol. The number of hydrogen-bond donors (Lipinski definition) is 3. The molecule has 3 aromatic rings. The van der Waals surface area contributed by atoms with Gasteiger partial charge in [-0.15, -0.1) is 0 Å². The van der Waals surface area contributed by atoms with Gasteiger partial charge in [0.2, 0.25) is 0 Å². The number of halogens is 1. The van der Waals surface area contributed by atoms with Crippen molar-refractivity contribution in [2.75, 3.05) is 10.6 Å². The van der Waals surface area contributed by atoms with E-state index in [1.54, 1.807) is 24.3 Å². The van der Waals surface area contributed by atoms with Crippen LogP contribution < -0.4 is 10.6 Å². The zero-order valence-corrected chi connectivity index (χ0v) is 13.1. The van der Waals surface area contributed by atoms with E-state index in [1.807, 2.05) is 36.4 Å². The molecule has 7 heteroatoms. The standard InChI is InChI=1S/C17H12ClN5O/c18-12-8-6-11(7-9-12)17(24)21-16-14(10-19)15(22-23-16)20-13-4-2-1-3-5-13/h1-9H,(H3,20,21,22,23,24). The Morgan fingerprint density at radius 3 is 2.50 bits per heavy atom. The number of carbonyl (C=O) groups is 1. The number of rotatable bonds is 4. The molecule has 0 atom stereocenters. The second-order valence-electron chi connectivity index (χ2n) is 4.89. The number of H-pyrrole nitrogens is 1. The summed E-state index contributed by atoms with van der Waals surface area (Å²) in [5, 5.41) is 22.3. The number of anilines is 3. The number of nitrogens with zero attached hydrogens (tertiary/aromatic N) is 2. The molecule has 0 fully saturated rings. The van der Waals surface area contributed by atoms with Crippen LogP contribution in [-0.2, 0) is 0 Å². The fraction of sp³-hybridized carbons (Fsp3) is 0. The number of hydrogen-bond acceptors (Lipinski definition) is 4. The molecule has 0 unspecified atom stereocenters. The molecule has 24 heavy (non-hydrogen) atoms. The minimum Gasteiger partial charge on any atom is -0.339 e. The summed E-state index contributed by atoms with van der Waals surface area (Å²) in [5.74, 6) is 0.201. The molecule has 0 bridgehead atoms. The predicted molar refractivity (Wildman–Crippen MR) is 92.4 cm³/mol. The van der Waals surface area contributed by atoms with Gasteiger partial charge in [0.25, 0.3) is 5.91 Å². The molecule has 0 spiro atoms. The Kier molecular flexibility index (Phi) is 4.45. The first-order chi connectivity index (χ1) is 11.7. The first kappa shape index (κ1) is 15.6. The third-order valence-electron chi connectivity index (χ3n) is 3.26. The van der Waals surface area contributed by atoms with Crippen molar-refractivity contribution in [1.29, 1.82) is 5.26 Å². The lowest BCUT2D eigenvalue weighted by Crippen LogP contribution is -2.12. The van der Waals surface area contributed by atoms with E-state index in [1.165, 1.54) is 0 Å². The average molecular weight is 338 g/mol. The Morgan fingerprint density at radius 2 is 1.83 bits per heavy atom. The summed E-state index contributed by atoms with van der Waals surface area (Å²) in [6.07, 6.45) is 0. The van der Waals surface area contributed by atoms with Crippen LogP contribution in [0.2, 0.25) is 5.02 Å². The highest BCUT2D eigenvalue weighted by Crippen LogP contribution is 2.24. The highest BCUT2D eigenvalue weighted by molar-refractivity contribution is 6.30. The summed E-state index contributed by atoms with van der Waals surface area (Å²) in [7, 11) is 0. The van der Waals surface area contributed by atoms with Crippen LogP contribution in [0.3, 0.4) is 0 Å². The second-order valence-corrected chi connectivity index (χ2v) is 5.32. The molecule has 6 nitrogen and oxygen atoms in total.